The molecule has 0 aromatic heterocycles. The van der Waals surface area contributed by atoms with Crippen molar-refractivity contribution in [1.82, 2.24) is 0 Å². The van der Waals surface area contributed by atoms with Gasteiger partial charge in [-0.05, 0) is 32.9 Å². The molecule has 0 saturated heterocycles. The molecule has 2 aliphatic rings. The lowest BCUT2D eigenvalue weighted by Crippen LogP contribution is -2.57. The SMILES string of the molecule is CCOC(=O)C1=C(C)O[C@@H]2[C@@H]1N(C(C)=O)c1ccccc1N2CC. The minimum Gasteiger partial charge on any atom is -0.472 e. The van der Waals surface area contributed by atoms with Gasteiger partial charge >= 0.3 is 5.97 Å². The first-order valence-electron chi connectivity index (χ1n) is 8.21. The van der Waals surface area contributed by atoms with Crippen molar-refractivity contribution >= 4 is 23.3 Å². The van der Waals surface area contributed by atoms with Crippen molar-refractivity contribution in [1.29, 1.82) is 0 Å². The quantitative estimate of drug-likeness (QED) is 0.797. The van der Waals surface area contributed by atoms with Crippen LogP contribution < -0.4 is 9.80 Å². The van der Waals surface area contributed by atoms with E-state index in [9.17, 15) is 9.59 Å². The number of esters is 1. The van der Waals surface area contributed by atoms with Gasteiger partial charge in [0.1, 0.15) is 17.4 Å². The number of hydrogen-bond acceptors (Lipinski definition) is 5. The van der Waals surface area contributed by atoms with Gasteiger partial charge < -0.3 is 14.4 Å². The van der Waals surface area contributed by atoms with Crippen LogP contribution in [0.15, 0.2) is 35.6 Å². The van der Waals surface area contributed by atoms with Gasteiger partial charge in [-0.3, -0.25) is 9.69 Å². The second kappa shape index (κ2) is 6.19. The number of likely N-dealkylation sites (N-methyl/N-ethyl adjacent to an activating group) is 1. The van der Waals surface area contributed by atoms with Crippen molar-refractivity contribution in [2.45, 2.75) is 40.0 Å². The summed E-state index contributed by atoms with van der Waals surface area (Å²) in [5.74, 6) is -0.0431. The van der Waals surface area contributed by atoms with E-state index in [1.165, 1.54) is 6.92 Å². The molecule has 0 fully saturated rings. The normalized spacial score (nSPS) is 22.0. The molecule has 0 spiro atoms. The van der Waals surface area contributed by atoms with Crippen LogP contribution in [0.1, 0.15) is 27.7 Å². The van der Waals surface area contributed by atoms with Crippen LogP contribution in [0.2, 0.25) is 0 Å². The number of para-hydroxylation sites is 2. The van der Waals surface area contributed by atoms with E-state index in [0.29, 0.717) is 17.9 Å². The Balaban J connectivity index is 2.15. The van der Waals surface area contributed by atoms with Crippen LogP contribution in [0.5, 0.6) is 0 Å². The van der Waals surface area contributed by atoms with E-state index in [1.807, 2.05) is 31.2 Å². The lowest BCUT2D eigenvalue weighted by atomic mass is 9.98. The number of nitrogens with zero attached hydrogens (tertiary/aromatic N) is 2. The highest BCUT2D eigenvalue weighted by Gasteiger charge is 2.50. The van der Waals surface area contributed by atoms with Crippen molar-refractivity contribution in [3.8, 4) is 0 Å². The first-order valence-corrected chi connectivity index (χ1v) is 8.21. The monoisotopic (exact) mass is 330 g/mol. The number of carbonyl (C=O) groups is 2. The Labute approximate surface area is 141 Å². The van der Waals surface area contributed by atoms with Crippen LogP contribution in [0, 0.1) is 0 Å². The predicted molar refractivity (Wildman–Crippen MR) is 90.6 cm³/mol. The summed E-state index contributed by atoms with van der Waals surface area (Å²) in [7, 11) is 0. The Hall–Kier alpha value is -2.50. The van der Waals surface area contributed by atoms with Gasteiger partial charge in [0, 0.05) is 13.5 Å². The van der Waals surface area contributed by atoms with E-state index in [-0.39, 0.29) is 12.5 Å². The fraction of sp³-hybridized carbons (Fsp3) is 0.444. The number of anilines is 2. The number of carbonyl (C=O) groups excluding carboxylic acids is 2. The van der Waals surface area contributed by atoms with E-state index in [0.717, 1.165) is 11.4 Å². The lowest BCUT2D eigenvalue weighted by molar-refractivity contribution is -0.138. The van der Waals surface area contributed by atoms with Crippen molar-refractivity contribution < 1.29 is 19.1 Å². The minimum atomic E-state index is -0.503. The van der Waals surface area contributed by atoms with Gasteiger partial charge in [0.2, 0.25) is 5.91 Å². The molecule has 0 radical (unpaired) electrons. The molecule has 0 aliphatic carbocycles. The van der Waals surface area contributed by atoms with Crippen molar-refractivity contribution in [3.63, 3.8) is 0 Å². The average molecular weight is 330 g/mol. The van der Waals surface area contributed by atoms with Crippen LogP contribution in [-0.2, 0) is 19.1 Å². The van der Waals surface area contributed by atoms with Crippen molar-refractivity contribution in [2.24, 2.45) is 0 Å². The fourth-order valence-corrected chi connectivity index (χ4v) is 3.54. The Morgan fingerprint density at radius 3 is 2.46 bits per heavy atom. The van der Waals surface area contributed by atoms with Crippen LogP contribution in [0.3, 0.4) is 0 Å². The topological polar surface area (TPSA) is 59.1 Å². The molecule has 1 amide bonds. The third-order valence-corrected chi connectivity index (χ3v) is 4.45. The summed E-state index contributed by atoms with van der Waals surface area (Å²) in [6, 6.07) is 7.18. The molecule has 2 heterocycles. The van der Waals surface area contributed by atoms with E-state index in [4.69, 9.17) is 9.47 Å². The highest BCUT2D eigenvalue weighted by Crippen LogP contribution is 2.44. The maximum absolute atomic E-state index is 12.5. The number of hydrogen-bond donors (Lipinski definition) is 0. The molecule has 24 heavy (non-hydrogen) atoms. The molecule has 0 N–H and O–H groups in total. The number of fused-ring (bicyclic) bond motifs is 2. The zero-order valence-electron chi connectivity index (χ0n) is 14.4. The van der Waals surface area contributed by atoms with E-state index >= 15 is 0 Å². The van der Waals surface area contributed by atoms with Gasteiger partial charge in [-0.1, -0.05) is 12.1 Å². The Bertz CT molecular complexity index is 713. The fourth-order valence-electron chi connectivity index (χ4n) is 3.54. The summed E-state index contributed by atoms with van der Waals surface area (Å²) >= 11 is 0. The molecular weight excluding hydrogens is 308 g/mol. The van der Waals surface area contributed by atoms with Gasteiger partial charge in [0.15, 0.2) is 6.23 Å². The maximum Gasteiger partial charge on any atom is 0.339 e. The third-order valence-electron chi connectivity index (χ3n) is 4.45. The molecule has 1 aromatic carbocycles. The zero-order chi connectivity index (χ0) is 17.4. The standard InChI is InChI=1S/C18H22N2O4/c1-5-19-13-9-7-8-10-14(13)20(12(4)21)16-15(18(22)23-6-2)11(3)24-17(16)19/h7-10,16-17H,5-6H2,1-4H3/t16-,17-/m1/s1. The van der Waals surface area contributed by atoms with Crippen molar-refractivity contribution in [2.75, 3.05) is 23.0 Å². The third kappa shape index (κ3) is 2.33. The van der Waals surface area contributed by atoms with Gasteiger partial charge in [0.25, 0.3) is 0 Å². The molecule has 0 unspecified atom stereocenters. The maximum atomic E-state index is 12.5. The van der Waals surface area contributed by atoms with E-state index < -0.39 is 18.2 Å². The second-order valence-corrected chi connectivity index (χ2v) is 5.81. The molecule has 1 aromatic rings. The summed E-state index contributed by atoms with van der Waals surface area (Å²) in [5.41, 5.74) is 2.13. The number of benzene rings is 1. The number of ether oxygens (including phenoxy) is 2. The Morgan fingerprint density at radius 1 is 1.21 bits per heavy atom. The average Bonchev–Trinajstić information content (AvgIpc) is 2.88. The molecule has 128 valence electrons. The molecular formula is C18H22N2O4. The highest BCUT2D eigenvalue weighted by atomic mass is 16.5. The largest absolute Gasteiger partial charge is 0.472 e. The van der Waals surface area contributed by atoms with Crippen molar-refractivity contribution in [3.05, 3.63) is 35.6 Å². The van der Waals surface area contributed by atoms with Crippen LogP contribution in [0.4, 0.5) is 11.4 Å². The molecule has 2 atom stereocenters. The molecule has 3 rings (SSSR count). The summed E-state index contributed by atoms with van der Waals surface area (Å²) in [6.45, 7) is 8.03. The Morgan fingerprint density at radius 2 is 1.88 bits per heavy atom. The first-order chi connectivity index (χ1) is 11.5. The highest BCUT2D eigenvalue weighted by molar-refractivity contribution is 6.02. The Kier molecular flexibility index (Phi) is 4.22. The molecule has 0 saturated carbocycles. The molecule has 6 heteroatoms. The minimum absolute atomic E-state index is 0.131. The van der Waals surface area contributed by atoms with E-state index in [2.05, 4.69) is 4.90 Å². The van der Waals surface area contributed by atoms with Crippen LogP contribution in [-0.4, -0.2) is 37.3 Å². The zero-order valence-corrected chi connectivity index (χ0v) is 14.4. The van der Waals surface area contributed by atoms with Gasteiger partial charge in [0.05, 0.1) is 18.0 Å². The first kappa shape index (κ1) is 16.4. The van der Waals surface area contributed by atoms with E-state index in [1.54, 1.807) is 18.7 Å². The van der Waals surface area contributed by atoms with Crippen LogP contribution in [0.25, 0.3) is 0 Å². The summed E-state index contributed by atoms with van der Waals surface area (Å²) in [6.07, 6.45) is -0.423. The lowest BCUT2D eigenvalue weighted by Gasteiger charge is -2.45. The van der Waals surface area contributed by atoms with Gasteiger partial charge in [-0.25, -0.2) is 4.79 Å². The number of rotatable bonds is 3. The van der Waals surface area contributed by atoms with Gasteiger partial charge in [-0.2, -0.15) is 0 Å². The summed E-state index contributed by atoms with van der Waals surface area (Å²) in [4.78, 5) is 28.6. The smallest absolute Gasteiger partial charge is 0.339 e. The predicted octanol–water partition coefficient (Wildman–Crippen LogP) is 2.44. The summed E-state index contributed by atoms with van der Waals surface area (Å²) in [5, 5.41) is 0. The molecule has 2 aliphatic heterocycles. The summed E-state index contributed by atoms with van der Waals surface area (Å²) < 4.78 is 11.2. The molecule has 0 bridgehead atoms. The molecule has 6 nitrogen and oxygen atoms in total. The van der Waals surface area contributed by atoms with Crippen LogP contribution >= 0.6 is 0 Å². The number of amides is 1. The van der Waals surface area contributed by atoms with Gasteiger partial charge in [-0.15, -0.1) is 0 Å². The second-order valence-electron chi connectivity index (χ2n) is 5.81. The number of allylic oxidation sites excluding steroid dienone is 1.